The van der Waals surface area contributed by atoms with E-state index in [9.17, 15) is 0 Å². The average Bonchev–Trinajstić information content (AvgIpc) is 3.57. The highest BCUT2D eigenvalue weighted by molar-refractivity contribution is 6.29. The molecular formula is C30H28N4O5. The molecule has 0 unspecified atom stereocenters. The zero-order chi connectivity index (χ0) is 26.8. The van der Waals surface area contributed by atoms with Gasteiger partial charge in [-0.2, -0.15) is 10.2 Å². The standard InChI is InChI=1S/C30H28N4O5/c1-15(2)22-13-18-21(38-22)11-10-16(28(18)37-5)27-26-17-12-24(35-3)25(36-4)14-23(17)39-29(26)30-32-31-19-8-6-7-9-20(19)34(30)33-27/h9-15H,6-8H2,1-5H3. The molecule has 0 spiro atoms. The minimum absolute atomic E-state index is 0.243. The Kier molecular flexibility index (Phi) is 5.30. The fourth-order valence-electron chi connectivity index (χ4n) is 5.52. The number of hydrazone groups is 1. The number of furan rings is 2. The molecule has 198 valence electrons. The van der Waals surface area contributed by atoms with Crippen LogP contribution in [0.4, 0.5) is 0 Å². The Hall–Kier alpha value is -4.53. The van der Waals surface area contributed by atoms with E-state index >= 15 is 0 Å². The molecule has 2 aliphatic heterocycles. The Morgan fingerprint density at radius 2 is 1.72 bits per heavy atom. The van der Waals surface area contributed by atoms with Gasteiger partial charge in [-0.15, -0.1) is 5.10 Å². The van der Waals surface area contributed by atoms with E-state index in [0.717, 1.165) is 63.9 Å². The molecule has 2 aromatic heterocycles. The smallest absolute Gasteiger partial charge is 0.220 e. The van der Waals surface area contributed by atoms with Gasteiger partial charge in [-0.05, 0) is 43.5 Å². The van der Waals surface area contributed by atoms with Crippen molar-refractivity contribution in [2.45, 2.75) is 39.0 Å². The van der Waals surface area contributed by atoms with Crippen LogP contribution in [0.15, 0.2) is 66.2 Å². The lowest BCUT2D eigenvalue weighted by atomic mass is 9.94. The van der Waals surface area contributed by atoms with Crippen molar-refractivity contribution in [3.63, 3.8) is 0 Å². The van der Waals surface area contributed by atoms with Crippen molar-refractivity contribution in [2.75, 3.05) is 21.3 Å². The van der Waals surface area contributed by atoms with Gasteiger partial charge in [-0.1, -0.05) is 19.9 Å². The Labute approximate surface area is 225 Å². The monoisotopic (exact) mass is 524 g/mol. The molecule has 3 aliphatic rings. The number of rotatable bonds is 5. The summed E-state index contributed by atoms with van der Waals surface area (Å²) in [6.45, 7) is 4.21. The van der Waals surface area contributed by atoms with Crippen LogP contribution in [0.5, 0.6) is 17.2 Å². The molecular weight excluding hydrogens is 496 g/mol. The largest absolute Gasteiger partial charge is 0.495 e. The highest BCUT2D eigenvalue weighted by Gasteiger charge is 2.39. The molecule has 0 saturated carbocycles. The maximum atomic E-state index is 6.49. The van der Waals surface area contributed by atoms with E-state index in [1.807, 2.05) is 29.3 Å². The first-order chi connectivity index (χ1) is 19.0. The Balaban J connectivity index is 1.54. The number of ether oxygens (including phenoxy) is 3. The van der Waals surface area contributed by atoms with Crippen LogP contribution in [0, 0.1) is 0 Å². The van der Waals surface area contributed by atoms with Gasteiger partial charge < -0.3 is 23.0 Å². The van der Waals surface area contributed by atoms with Gasteiger partial charge in [0, 0.05) is 22.9 Å². The molecule has 0 amide bonds. The minimum Gasteiger partial charge on any atom is -0.495 e. The van der Waals surface area contributed by atoms with Crippen molar-refractivity contribution < 1.29 is 23.0 Å². The number of methoxy groups -OCH3 is 3. The van der Waals surface area contributed by atoms with E-state index in [2.05, 4.69) is 36.2 Å². The second kappa shape index (κ2) is 8.76. The molecule has 4 heterocycles. The van der Waals surface area contributed by atoms with Crippen molar-refractivity contribution in [2.24, 2.45) is 15.3 Å². The maximum absolute atomic E-state index is 6.49. The van der Waals surface area contributed by atoms with Gasteiger partial charge in [0.2, 0.25) is 5.84 Å². The van der Waals surface area contributed by atoms with Crippen molar-refractivity contribution >= 4 is 39.2 Å². The predicted octanol–water partition coefficient (Wildman–Crippen LogP) is 6.58. The van der Waals surface area contributed by atoms with Gasteiger partial charge >= 0.3 is 0 Å². The summed E-state index contributed by atoms with van der Waals surface area (Å²) in [5.74, 6) is 4.12. The Morgan fingerprint density at radius 1 is 0.897 bits per heavy atom. The van der Waals surface area contributed by atoms with E-state index in [0.29, 0.717) is 40.1 Å². The molecule has 0 N–H and O–H groups in total. The molecule has 39 heavy (non-hydrogen) atoms. The van der Waals surface area contributed by atoms with Crippen LogP contribution in [0.25, 0.3) is 21.9 Å². The molecule has 2 aromatic carbocycles. The maximum Gasteiger partial charge on any atom is 0.220 e. The fourth-order valence-corrected chi connectivity index (χ4v) is 5.52. The van der Waals surface area contributed by atoms with Crippen molar-refractivity contribution in [1.82, 2.24) is 5.01 Å². The summed E-state index contributed by atoms with van der Waals surface area (Å²) in [6, 6.07) is 9.76. The summed E-state index contributed by atoms with van der Waals surface area (Å²) in [5.41, 5.74) is 5.58. The first-order valence-electron chi connectivity index (χ1n) is 13.1. The molecule has 0 fully saturated rings. The average molecular weight is 525 g/mol. The van der Waals surface area contributed by atoms with E-state index in [1.54, 1.807) is 21.3 Å². The molecule has 7 rings (SSSR count). The van der Waals surface area contributed by atoms with Crippen LogP contribution >= 0.6 is 0 Å². The number of amidine groups is 1. The first kappa shape index (κ1) is 23.6. The molecule has 0 bridgehead atoms. The quantitative estimate of drug-likeness (QED) is 0.293. The van der Waals surface area contributed by atoms with Crippen LogP contribution in [0.2, 0.25) is 0 Å². The third-order valence-electron chi connectivity index (χ3n) is 7.48. The first-order valence-corrected chi connectivity index (χ1v) is 13.1. The van der Waals surface area contributed by atoms with Crippen LogP contribution < -0.4 is 14.2 Å². The molecule has 0 saturated heterocycles. The molecule has 0 radical (unpaired) electrons. The van der Waals surface area contributed by atoms with Gasteiger partial charge in [-0.25, -0.2) is 5.01 Å². The van der Waals surface area contributed by atoms with Gasteiger partial charge in [0.15, 0.2) is 17.3 Å². The van der Waals surface area contributed by atoms with E-state index in [1.165, 1.54) is 0 Å². The second-order valence-corrected chi connectivity index (χ2v) is 10.1. The van der Waals surface area contributed by atoms with Crippen LogP contribution in [0.3, 0.4) is 0 Å². The van der Waals surface area contributed by atoms with E-state index < -0.39 is 0 Å². The highest BCUT2D eigenvalue weighted by atomic mass is 16.5. The van der Waals surface area contributed by atoms with Crippen molar-refractivity contribution in [1.29, 1.82) is 0 Å². The summed E-state index contributed by atoms with van der Waals surface area (Å²) in [7, 11) is 4.90. The van der Waals surface area contributed by atoms with Gasteiger partial charge in [-0.3, -0.25) is 0 Å². The van der Waals surface area contributed by atoms with Crippen LogP contribution in [-0.2, 0) is 0 Å². The Bertz CT molecular complexity index is 1790. The van der Waals surface area contributed by atoms with Gasteiger partial charge in [0.05, 0.1) is 43.7 Å². The molecule has 9 nitrogen and oxygen atoms in total. The lowest BCUT2D eigenvalue weighted by Gasteiger charge is -2.32. The van der Waals surface area contributed by atoms with Crippen LogP contribution in [0.1, 0.15) is 61.7 Å². The highest BCUT2D eigenvalue weighted by Crippen LogP contribution is 2.43. The lowest BCUT2D eigenvalue weighted by Crippen LogP contribution is -2.38. The zero-order valence-electron chi connectivity index (χ0n) is 22.5. The number of hydrogen-bond acceptors (Lipinski definition) is 9. The van der Waals surface area contributed by atoms with Crippen molar-refractivity contribution in [3.8, 4) is 17.2 Å². The van der Waals surface area contributed by atoms with Crippen molar-refractivity contribution in [3.05, 3.63) is 64.8 Å². The molecule has 9 heteroatoms. The number of nitrogens with zero attached hydrogens (tertiary/aromatic N) is 4. The van der Waals surface area contributed by atoms with Gasteiger partial charge in [0.1, 0.15) is 28.4 Å². The number of hydrogen-bond donors (Lipinski definition) is 0. The summed E-state index contributed by atoms with van der Waals surface area (Å²) in [4.78, 5) is 0. The fraction of sp³-hybridized carbons (Fsp3) is 0.300. The number of benzene rings is 2. The molecule has 0 atom stereocenters. The third-order valence-corrected chi connectivity index (χ3v) is 7.48. The number of fused-ring (bicyclic) bond motifs is 8. The lowest BCUT2D eigenvalue weighted by molar-refractivity contribution is 0.355. The van der Waals surface area contributed by atoms with Crippen LogP contribution in [-0.4, -0.2) is 43.6 Å². The molecule has 1 aliphatic carbocycles. The van der Waals surface area contributed by atoms with E-state index in [4.69, 9.17) is 28.1 Å². The third kappa shape index (κ3) is 3.42. The number of allylic oxidation sites excluding steroid dienone is 2. The predicted molar refractivity (Wildman–Crippen MR) is 150 cm³/mol. The second-order valence-electron chi connectivity index (χ2n) is 10.1. The minimum atomic E-state index is 0.243. The summed E-state index contributed by atoms with van der Waals surface area (Å²) >= 11 is 0. The Morgan fingerprint density at radius 3 is 2.49 bits per heavy atom. The summed E-state index contributed by atoms with van der Waals surface area (Å²) in [5, 5.41) is 17.9. The SMILES string of the molecule is COc1cc2oc3c(c2cc1OC)C(c1ccc2oc(C(C)C)cc2c1OC)=NN1C2=CCCCC2=NN=C31. The summed E-state index contributed by atoms with van der Waals surface area (Å²) < 4.78 is 29.8. The zero-order valence-corrected chi connectivity index (χ0v) is 22.5. The topological polar surface area (TPSA) is 94.3 Å². The summed E-state index contributed by atoms with van der Waals surface area (Å²) in [6.07, 6.45) is 5.01. The van der Waals surface area contributed by atoms with Gasteiger partial charge in [0.25, 0.3) is 0 Å². The normalized spacial score (nSPS) is 16.3. The van der Waals surface area contributed by atoms with E-state index in [-0.39, 0.29) is 5.92 Å². The molecule has 4 aromatic rings.